The van der Waals surface area contributed by atoms with E-state index in [1.54, 1.807) is 18.3 Å². The lowest BCUT2D eigenvalue weighted by Gasteiger charge is -2.50. The Balaban J connectivity index is 1.31. The standard InChI is InChI=1S/C24H22N6O7S2/c1-2-36-17(31)11-37-28-18(15-3-6-25-27-15)21(32)26-19-22(33)30-20(24(34)35)14(12-39-23(19)30)9-29-7-4-13-5-8-38-16(13)10-29/h3-8,10,19,23H,2,9,11-12H2,1H3,(H2-,25,26,27,28,32,34,35)/t19?,23-/m1/s1. The van der Waals surface area contributed by atoms with Gasteiger partial charge >= 0.3 is 5.97 Å². The van der Waals surface area contributed by atoms with Gasteiger partial charge in [0.2, 0.25) is 6.61 Å². The molecule has 1 saturated heterocycles. The molecule has 0 spiro atoms. The number of ether oxygens (including phenoxy) is 1. The molecule has 0 saturated carbocycles. The molecule has 5 heterocycles. The quantitative estimate of drug-likeness (QED) is 0.105. The normalized spacial score (nSPS) is 18.9. The van der Waals surface area contributed by atoms with Crippen LogP contribution in [-0.4, -0.2) is 74.9 Å². The minimum absolute atomic E-state index is 0.158. The molecular formula is C24H22N6O7S2. The van der Waals surface area contributed by atoms with E-state index in [0.29, 0.717) is 11.3 Å². The third kappa shape index (κ3) is 5.35. The van der Waals surface area contributed by atoms with Gasteiger partial charge in [0.15, 0.2) is 24.7 Å². The Morgan fingerprint density at radius 2 is 2.18 bits per heavy atom. The van der Waals surface area contributed by atoms with Gasteiger partial charge in [-0.15, -0.1) is 23.1 Å². The van der Waals surface area contributed by atoms with Crippen LogP contribution in [0.2, 0.25) is 0 Å². The number of aromatic nitrogens is 3. The van der Waals surface area contributed by atoms with Crippen LogP contribution in [0.1, 0.15) is 12.6 Å². The van der Waals surface area contributed by atoms with Gasteiger partial charge in [-0.2, -0.15) is 9.67 Å². The summed E-state index contributed by atoms with van der Waals surface area (Å²) in [6.45, 7) is 1.55. The number of rotatable bonds is 10. The van der Waals surface area contributed by atoms with Crippen molar-refractivity contribution in [2.45, 2.75) is 24.9 Å². The number of carbonyl (C=O) groups is 4. The van der Waals surface area contributed by atoms with Crippen molar-refractivity contribution in [1.29, 1.82) is 0 Å². The zero-order valence-electron chi connectivity index (χ0n) is 20.5. The molecule has 39 heavy (non-hydrogen) atoms. The first kappa shape index (κ1) is 26.4. The molecule has 2 aliphatic rings. The molecule has 2 aliphatic heterocycles. The number of fused-ring (bicyclic) bond motifs is 2. The van der Waals surface area contributed by atoms with Gasteiger partial charge in [0.25, 0.3) is 11.8 Å². The number of aliphatic carboxylic acids is 1. The third-order valence-electron chi connectivity index (χ3n) is 5.97. The van der Waals surface area contributed by atoms with E-state index in [9.17, 15) is 24.3 Å². The summed E-state index contributed by atoms with van der Waals surface area (Å²) < 4.78 is 7.68. The van der Waals surface area contributed by atoms with Crippen LogP contribution in [0.15, 0.2) is 58.6 Å². The number of nitrogens with one attached hydrogen (secondary N) is 2. The van der Waals surface area contributed by atoms with Crippen LogP contribution in [0.25, 0.3) is 10.1 Å². The van der Waals surface area contributed by atoms with Gasteiger partial charge in [-0.3, -0.25) is 19.6 Å². The van der Waals surface area contributed by atoms with E-state index in [-0.39, 0.29) is 30.3 Å². The molecule has 202 valence electrons. The van der Waals surface area contributed by atoms with Crippen LogP contribution in [-0.2, 0) is 35.3 Å². The van der Waals surface area contributed by atoms with Crippen LogP contribution in [0.5, 0.6) is 0 Å². The van der Waals surface area contributed by atoms with E-state index in [4.69, 9.17) is 9.57 Å². The summed E-state index contributed by atoms with van der Waals surface area (Å²) in [6.07, 6.45) is 5.17. The van der Waals surface area contributed by atoms with Crippen molar-refractivity contribution >= 4 is 62.6 Å². The van der Waals surface area contributed by atoms with Crippen molar-refractivity contribution in [3.05, 3.63) is 59.1 Å². The second-order valence-corrected chi connectivity index (χ2v) is 10.5. The van der Waals surface area contributed by atoms with E-state index in [0.717, 1.165) is 15.0 Å². The largest absolute Gasteiger partial charge is 0.543 e. The average Bonchev–Trinajstić information content (AvgIpc) is 3.61. The number of carboxylic acid groups (broad SMARTS) is 1. The number of carbonyl (C=O) groups excluding carboxylic acids is 4. The van der Waals surface area contributed by atoms with E-state index >= 15 is 0 Å². The molecular weight excluding hydrogens is 548 g/mol. The fourth-order valence-electron chi connectivity index (χ4n) is 4.22. The third-order valence-corrected chi connectivity index (χ3v) is 8.18. The van der Waals surface area contributed by atoms with Crippen LogP contribution >= 0.6 is 23.1 Å². The summed E-state index contributed by atoms with van der Waals surface area (Å²) in [5.74, 6) is -3.17. The molecule has 0 bridgehead atoms. The van der Waals surface area contributed by atoms with E-state index in [1.165, 1.54) is 24.0 Å². The maximum Gasteiger partial charge on any atom is 0.347 e. The van der Waals surface area contributed by atoms with Gasteiger partial charge in [0.1, 0.15) is 11.4 Å². The number of amides is 2. The monoisotopic (exact) mass is 570 g/mol. The number of esters is 1. The minimum atomic E-state index is -1.46. The number of pyridine rings is 1. The summed E-state index contributed by atoms with van der Waals surface area (Å²) in [6, 6.07) is 4.40. The lowest BCUT2D eigenvalue weighted by atomic mass is 10.0. The average molecular weight is 571 g/mol. The van der Waals surface area contributed by atoms with Crippen LogP contribution in [0, 0.1) is 0 Å². The van der Waals surface area contributed by atoms with Crippen LogP contribution < -0.4 is 15.0 Å². The lowest BCUT2D eigenvalue weighted by Crippen LogP contribution is -2.71. The first-order chi connectivity index (χ1) is 18.9. The molecule has 2 N–H and O–H groups in total. The lowest BCUT2D eigenvalue weighted by molar-refractivity contribution is -0.687. The van der Waals surface area contributed by atoms with E-state index < -0.39 is 41.8 Å². The number of thioether (sulfide) groups is 1. The molecule has 0 aliphatic carbocycles. The number of oxime groups is 1. The van der Waals surface area contributed by atoms with Crippen molar-refractivity contribution in [3.63, 3.8) is 0 Å². The van der Waals surface area contributed by atoms with Gasteiger partial charge < -0.3 is 24.8 Å². The maximum absolute atomic E-state index is 13.1. The number of aromatic amines is 1. The SMILES string of the molecule is CCOC(=O)CO/N=C(/C(=O)NC1C(=O)N2C(C(=O)[O-])=C(C[n+]3ccc4ccsc4c3)CS[C@H]12)c1ccn[nH]1. The minimum Gasteiger partial charge on any atom is -0.543 e. The number of thiophene rings is 1. The topological polar surface area (TPSA) is 170 Å². The summed E-state index contributed by atoms with van der Waals surface area (Å²) in [5.41, 5.74) is 0.282. The summed E-state index contributed by atoms with van der Waals surface area (Å²) >= 11 is 2.91. The Kier molecular flexibility index (Phi) is 7.60. The molecule has 15 heteroatoms. The van der Waals surface area contributed by atoms with Gasteiger partial charge in [-0.1, -0.05) is 5.16 Å². The number of hydrogen-bond donors (Lipinski definition) is 2. The van der Waals surface area contributed by atoms with Crippen molar-refractivity contribution < 1.29 is 38.4 Å². The van der Waals surface area contributed by atoms with Gasteiger partial charge in [0, 0.05) is 29.0 Å². The van der Waals surface area contributed by atoms with Crippen molar-refractivity contribution in [2.75, 3.05) is 19.0 Å². The summed E-state index contributed by atoms with van der Waals surface area (Å²) in [7, 11) is 0. The Labute approximate surface area is 229 Å². The van der Waals surface area contributed by atoms with Crippen molar-refractivity contribution in [2.24, 2.45) is 5.16 Å². The molecule has 2 amide bonds. The predicted octanol–water partition coefficient (Wildman–Crippen LogP) is -0.700. The fraction of sp³-hybridized carbons (Fsp3) is 0.292. The summed E-state index contributed by atoms with van der Waals surface area (Å²) in [5, 5.41) is 27.2. The molecule has 3 aromatic rings. The van der Waals surface area contributed by atoms with Gasteiger partial charge in [-0.25, -0.2) is 4.79 Å². The van der Waals surface area contributed by atoms with Crippen LogP contribution in [0.3, 0.4) is 0 Å². The number of H-pyrrole nitrogens is 1. The summed E-state index contributed by atoms with van der Waals surface area (Å²) in [4.78, 5) is 55.9. The van der Waals surface area contributed by atoms with Crippen molar-refractivity contribution in [3.8, 4) is 0 Å². The molecule has 0 radical (unpaired) electrons. The molecule has 2 atom stereocenters. The molecule has 3 aromatic heterocycles. The Morgan fingerprint density at radius 1 is 1.33 bits per heavy atom. The highest BCUT2D eigenvalue weighted by atomic mass is 32.2. The maximum atomic E-state index is 13.1. The Bertz CT molecular complexity index is 1500. The predicted molar refractivity (Wildman–Crippen MR) is 137 cm³/mol. The number of carboxylic acids is 1. The second-order valence-electron chi connectivity index (χ2n) is 8.45. The smallest absolute Gasteiger partial charge is 0.347 e. The van der Waals surface area contributed by atoms with Crippen molar-refractivity contribution in [1.82, 2.24) is 20.4 Å². The fourth-order valence-corrected chi connectivity index (χ4v) is 6.38. The van der Waals surface area contributed by atoms with E-state index in [2.05, 4.69) is 20.7 Å². The Morgan fingerprint density at radius 3 is 2.92 bits per heavy atom. The zero-order chi connectivity index (χ0) is 27.5. The number of nitrogens with zero attached hydrogens (tertiary/aromatic N) is 4. The second kappa shape index (κ2) is 11.2. The molecule has 13 nitrogen and oxygen atoms in total. The zero-order valence-corrected chi connectivity index (χ0v) is 22.1. The van der Waals surface area contributed by atoms with Gasteiger partial charge in [-0.05, 0) is 24.4 Å². The molecule has 1 unspecified atom stereocenters. The van der Waals surface area contributed by atoms with E-state index in [1.807, 2.05) is 34.5 Å². The first-order valence-corrected chi connectivity index (χ1v) is 13.7. The highest BCUT2D eigenvalue weighted by molar-refractivity contribution is 8.00. The number of β-lactam (4-membered cyclic amide) rings is 1. The number of hydrogen-bond acceptors (Lipinski definition) is 11. The molecule has 0 aromatic carbocycles. The molecule has 1 fully saturated rings. The highest BCUT2D eigenvalue weighted by Gasteiger charge is 2.53. The highest BCUT2D eigenvalue weighted by Crippen LogP contribution is 2.40. The Hall–Kier alpha value is -4.24. The van der Waals surface area contributed by atoms with Crippen LogP contribution in [0.4, 0.5) is 0 Å². The molecule has 5 rings (SSSR count). The van der Waals surface area contributed by atoms with Gasteiger partial charge in [0.05, 0.1) is 28.7 Å². The first-order valence-electron chi connectivity index (χ1n) is 11.8.